The number of hydrogen-bond donors (Lipinski definition) is 2. The fourth-order valence-corrected chi connectivity index (χ4v) is 2.96. The Hall–Kier alpha value is -1.64. The number of amides is 1. The van der Waals surface area contributed by atoms with Crippen molar-refractivity contribution in [2.75, 3.05) is 33.4 Å². The highest BCUT2D eigenvalue weighted by atomic mass is 32.2. The molecule has 1 aromatic carbocycles. The molecule has 0 bridgehead atoms. The van der Waals surface area contributed by atoms with Crippen molar-refractivity contribution in [2.24, 2.45) is 0 Å². The molecule has 1 rings (SSSR count). The van der Waals surface area contributed by atoms with Crippen LogP contribution in [0.5, 0.6) is 5.75 Å². The third kappa shape index (κ3) is 7.96. The van der Waals surface area contributed by atoms with Crippen molar-refractivity contribution in [3.05, 3.63) is 29.8 Å². The third-order valence-corrected chi connectivity index (χ3v) is 4.19. The molecule has 0 radical (unpaired) electrons. The smallest absolute Gasteiger partial charge is 0.235 e. The molecule has 0 spiro atoms. The molecule has 1 amide bonds. The van der Waals surface area contributed by atoms with E-state index in [0.717, 1.165) is 0 Å². The van der Waals surface area contributed by atoms with Crippen LogP contribution in [0.25, 0.3) is 0 Å². The van der Waals surface area contributed by atoms with E-state index >= 15 is 0 Å². The summed E-state index contributed by atoms with van der Waals surface area (Å²) in [6, 6.07) is 6.93. The van der Waals surface area contributed by atoms with E-state index in [2.05, 4.69) is 10.0 Å². The molecule has 0 aromatic heterocycles. The zero-order valence-electron chi connectivity index (χ0n) is 13.5. The highest BCUT2D eigenvalue weighted by molar-refractivity contribution is 7.88. The summed E-state index contributed by atoms with van der Waals surface area (Å²) in [5, 5.41) is 2.62. The molecule has 0 fully saturated rings. The standard InChI is InChI=1S/C15H24N2O5S/c1-3-22-14-8-5-4-7-13(14)12-23(19,20)17-11-15(18)16-9-6-10-21-2/h4-5,7-8,17H,3,6,9-12H2,1-2H3,(H,16,18). The molecule has 8 heteroatoms. The number of carbonyl (C=O) groups is 1. The van der Waals surface area contributed by atoms with Gasteiger partial charge in [0.25, 0.3) is 0 Å². The Bertz CT molecular complexity index is 589. The van der Waals surface area contributed by atoms with Crippen molar-refractivity contribution < 1.29 is 22.7 Å². The average molecular weight is 344 g/mol. The van der Waals surface area contributed by atoms with Crippen LogP contribution in [0, 0.1) is 0 Å². The summed E-state index contributed by atoms with van der Waals surface area (Å²) in [6.45, 7) is 2.99. The van der Waals surface area contributed by atoms with Gasteiger partial charge in [0.2, 0.25) is 15.9 Å². The van der Waals surface area contributed by atoms with Crippen molar-refractivity contribution >= 4 is 15.9 Å². The largest absolute Gasteiger partial charge is 0.494 e. The van der Waals surface area contributed by atoms with Crippen LogP contribution in [-0.2, 0) is 25.3 Å². The van der Waals surface area contributed by atoms with Crippen LogP contribution < -0.4 is 14.8 Å². The SMILES string of the molecule is CCOc1ccccc1CS(=O)(=O)NCC(=O)NCCCOC. The quantitative estimate of drug-likeness (QED) is 0.575. The molecule has 0 saturated heterocycles. The first kappa shape index (κ1) is 19.4. The zero-order chi connectivity index (χ0) is 17.1. The average Bonchev–Trinajstić information content (AvgIpc) is 2.52. The van der Waals surface area contributed by atoms with Crippen molar-refractivity contribution in [2.45, 2.75) is 19.1 Å². The van der Waals surface area contributed by atoms with E-state index in [4.69, 9.17) is 9.47 Å². The molecule has 0 unspecified atom stereocenters. The summed E-state index contributed by atoms with van der Waals surface area (Å²) in [5.41, 5.74) is 0.558. The third-order valence-electron chi connectivity index (χ3n) is 2.92. The van der Waals surface area contributed by atoms with Crippen molar-refractivity contribution in [1.29, 1.82) is 0 Å². The van der Waals surface area contributed by atoms with Crippen LogP contribution in [0.4, 0.5) is 0 Å². The zero-order valence-corrected chi connectivity index (χ0v) is 14.3. The Morgan fingerprint density at radius 1 is 1.26 bits per heavy atom. The molecule has 0 aliphatic rings. The van der Waals surface area contributed by atoms with Gasteiger partial charge in [0, 0.05) is 25.8 Å². The maximum atomic E-state index is 12.1. The van der Waals surface area contributed by atoms with E-state index in [1.807, 2.05) is 6.92 Å². The molecule has 2 N–H and O–H groups in total. The van der Waals surface area contributed by atoms with E-state index in [1.165, 1.54) is 0 Å². The predicted octanol–water partition coefficient (Wildman–Crippen LogP) is 0.657. The summed E-state index contributed by atoms with van der Waals surface area (Å²) in [7, 11) is -2.04. The number of sulfonamides is 1. The number of nitrogens with one attached hydrogen (secondary N) is 2. The minimum atomic E-state index is -3.62. The van der Waals surface area contributed by atoms with Crippen LogP contribution in [0.1, 0.15) is 18.9 Å². The second-order valence-electron chi connectivity index (χ2n) is 4.82. The molecule has 0 atom stereocenters. The van der Waals surface area contributed by atoms with Gasteiger partial charge in [-0.2, -0.15) is 0 Å². The molecule has 1 aromatic rings. The van der Waals surface area contributed by atoms with Gasteiger partial charge in [-0.25, -0.2) is 13.1 Å². The number of rotatable bonds is 11. The topological polar surface area (TPSA) is 93.7 Å². The van der Waals surface area contributed by atoms with Crippen molar-refractivity contribution in [3.63, 3.8) is 0 Å². The second kappa shape index (κ2) is 10.2. The van der Waals surface area contributed by atoms with Crippen molar-refractivity contribution in [1.82, 2.24) is 10.0 Å². The first-order chi connectivity index (χ1) is 11.0. The van der Waals surface area contributed by atoms with E-state index in [1.54, 1.807) is 31.4 Å². The van der Waals surface area contributed by atoms with Crippen LogP contribution in [0.3, 0.4) is 0 Å². The Labute approximate surface area is 137 Å². The van der Waals surface area contributed by atoms with Gasteiger partial charge in [-0.15, -0.1) is 0 Å². The van der Waals surface area contributed by atoms with Crippen LogP contribution in [-0.4, -0.2) is 47.7 Å². The molecule has 23 heavy (non-hydrogen) atoms. The second-order valence-corrected chi connectivity index (χ2v) is 6.62. The van der Waals surface area contributed by atoms with E-state index < -0.39 is 10.0 Å². The summed E-state index contributed by atoms with van der Waals surface area (Å²) in [5.74, 6) is -0.0766. The molecule has 0 saturated carbocycles. The number of para-hydroxylation sites is 1. The lowest BCUT2D eigenvalue weighted by atomic mass is 10.2. The maximum absolute atomic E-state index is 12.1. The minimum absolute atomic E-state index is 0.236. The number of ether oxygens (including phenoxy) is 2. The summed E-state index contributed by atoms with van der Waals surface area (Å²) in [4.78, 5) is 11.6. The van der Waals surface area contributed by atoms with Crippen LogP contribution in [0.2, 0.25) is 0 Å². The fraction of sp³-hybridized carbons (Fsp3) is 0.533. The number of methoxy groups -OCH3 is 1. The Kier molecular flexibility index (Phi) is 8.60. The van der Waals surface area contributed by atoms with Gasteiger partial charge in [-0.05, 0) is 19.4 Å². The highest BCUT2D eigenvalue weighted by Crippen LogP contribution is 2.19. The van der Waals surface area contributed by atoms with E-state index in [0.29, 0.717) is 37.5 Å². The molecule has 130 valence electrons. The number of hydrogen-bond acceptors (Lipinski definition) is 5. The molecule has 7 nitrogen and oxygen atoms in total. The van der Waals surface area contributed by atoms with Crippen LogP contribution in [0.15, 0.2) is 24.3 Å². The van der Waals surface area contributed by atoms with Crippen LogP contribution >= 0.6 is 0 Å². The monoisotopic (exact) mass is 344 g/mol. The highest BCUT2D eigenvalue weighted by Gasteiger charge is 2.16. The Morgan fingerprint density at radius 3 is 2.70 bits per heavy atom. The lowest BCUT2D eigenvalue weighted by Gasteiger charge is -2.11. The number of carbonyl (C=O) groups excluding carboxylic acids is 1. The molecule has 0 heterocycles. The minimum Gasteiger partial charge on any atom is -0.494 e. The maximum Gasteiger partial charge on any atom is 0.235 e. The fourth-order valence-electron chi connectivity index (χ4n) is 1.86. The molecule has 0 aliphatic carbocycles. The van der Waals surface area contributed by atoms with Gasteiger partial charge < -0.3 is 14.8 Å². The van der Waals surface area contributed by atoms with Gasteiger partial charge in [0.15, 0.2) is 0 Å². The van der Waals surface area contributed by atoms with Gasteiger partial charge >= 0.3 is 0 Å². The molecular formula is C15H24N2O5S. The van der Waals surface area contributed by atoms with Gasteiger partial charge in [0.05, 0.1) is 18.9 Å². The normalized spacial score (nSPS) is 11.2. The first-order valence-corrected chi connectivity index (χ1v) is 9.07. The van der Waals surface area contributed by atoms with E-state index in [-0.39, 0.29) is 18.2 Å². The number of benzene rings is 1. The van der Waals surface area contributed by atoms with Gasteiger partial charge in [-0.3, -0.25) is 4.79 Å². The summed E-state index contributed by atoms with van der Waals surface area (Å²) < 4.78 is 36.7. The van der Waals surface area contributed by atoms with Gasteiger partial charge in [0.1, 0.15) is 5.75 Å². The predicted molar refractivity (Wildman–Crippen MR) is 87.7 cm³/mol. The summed E-state index contributed by atoms with van der Waals surface area (Å²) in [6.07, 6.45) is 0.677. The van der Waals surface area contributed by atoms with Crippen molar-refractivity contribution in [3.8, 4) is 5.75 Å². The molecular weight excluding hydrogens is 320 g/mol. The molecule has 0 aliphatic heterocycles. The lowest BCUT2D eigenvalue weighted by Crippen LogP contribution is -2.38. The first-order valence-electron chi connectivity index (χ1n) is 7.42. The lowest BCUT2D eigenvalue weighted by molar-refractivity contribution is -0.120. The Morgan fingerprint density at radius 2 is 2.00 bits per heavy atom. The van der Waals surface area contributed by atoms with Gasteiger partial charge in [-0.1, -0.05) is 18.2 Å². The van der Waals surface area contributed by atoms with E-state index in [9.17, 15) is 13.2 Å². The Balaban J connectivity index is 2.49. The summed E-state index contributed by atoms with van der Waals surface area (Å²) >= 11 is 0.